The van der Waals surface area contributed by atoms with Gasteiger partial charge in [0.15, 0.2) is 0 Å². The van der Waals surface area contributed by atoms with Gasteiger partial charge in [-0.15, -0.1) is 0 Å². The van der Waals surface area contributed by atoms with Crippen molar-refractivity contribution in [1.29, 1.82) is 0 Å². The summed E-state index contributed by atoms with van der Waals surface area (Å²) < 4.78 is 0. The molecule has 66 valence electrons. The molecule has 0 unspecified atom stereocenters. The Morgan fingerprint density at radius 2 is 1.67 bits per heavy atom. The van der Waals surface area contributed by atoms with Crippen LogP contribution in [0, 0.1) is 0 Å². The Morgan fingerprint density at radius 3 is 2.00 bits per heavy atom. The van der Waals surface area contributed by atoms with Crippen molar-refractivity contribution >= 4 is 17.0 Å². The fraction of sp³-hybridized carbons (Fsp3) is 0.250. The number of hydrogen-bond donors (Lipinski definition) is 1. The standard InChI is InChI=1S/C8H10O.2ClH.Zr/c1-2-7-3-5-8(9)6-4-7;;;/h3-6,9H,2H2,1H3;2*1H;/q;;;+2/p-2. The van der Waals surface area contributed by atoms with Crippen LogP contribution in [0.2, 0.25) is 0 Å². The summed E-state index contributed by atoms with van der Waals surface area (Å²) in [5, 5.41) is 8.85. The Balaban J connectivity index is 0.000000354. The molecule has 0 amide bonds. The molecule has 0 atom stereocenters. The normalized spacial score (nSPS) is 8.25. The van der Waals surface area contributed by atoms with Gasteiger partial charge in [0.1, 0.15) is 5.75 Å². The molecule has 0 saturated heterocycles. The first-order valence-electron chi connectivity index (χ1n) is 3.48. The van der Waals surface area contributed by atoms with Crippen molar-refractivity contribution in [2.45, 2.75) is 13.3 Å². The zero-order valence-electron chi connectivity index (χ0n) is 6.72. The van der Waals surface area contributed by atoms with Crippen LogP contribution in [0.25, 0.3) is 0 Å². The third-order valence-corrected chi connectivity index (χ3v) is 1.34. The minimum atomic E-state index is -0.826. The molecule has 12 heavy (non-hydrogen) atoms. The number of benzene rings is 1. The van der Waals surface area contributed by atoms with Crippen LogP contribution in [-0.2, 0) is 27.3 Å². The van der Waals surface area contributed by atoms with E-state index in [1.165, 1.54) is 5.56 Å². The van der Waals surface area contributed by atoms with E-state index >= 15 is 0 Å². The van der Waals surface area contributed by atoms with E-state index in [4.69, 9.17) is 22.1 Å². The van der Waals surface area contributed by atoms with Gasteiger partial charge in [0, 0.05) is 0 Å². The monoisotopic (exact) mass is 282 g/mol. The van der Waals surface area contributed by atoms with Crippen LogP contribution in [-0.4, -0.2) is 5.11 Å². The maximum atomic E-state index is 8.85. The minimum absolute atomic E-state index is 0.340. The van der Waals surface area contributed by atoms with Gasteiger partial charge in [-0.25, -0.2) is 0 Å². The van der Waals surface area contributed by atoms with Crippen LogP contribution in [0.5, 0.6) is 5.75 Å². The summed E-state index contributed by atoms with van der Waals surface area (Å²) in [7, 11) is 9.87. The number of aryl methyl sites for hydroxylation is 1. The van der Waals surface area contributed by atoms with Crippen molar-refractivity contribution in [3.63, 3.8) is 0 Å². The summed E-state index contributed by atoms with van der Waals surface area (Å²) in [5.74, 6) is 0.340. The SMILES string of the molecule is CCc1ccc(O)cc1.[Cl][Zr][Cl]. The van der Waals surface area contributed by atoms with E-state index in [9.17, 15) is 0 Å². The molecule has 1 aromatic rings. The molecule has 0 aromatic heterocycles. The molecular formula is C8H10Cl2OZr. The summed E-state index contributed by atoms with van der Waals surface area (Å²) in [4.78, 5) is 0. The molecule has 0 aliphatic rings. The zero-order chi connectivity index (χ0) is 9.40. The molecule has 0 saturated carbocycles. The Kier molecular flexibility index (Phi) is 8.42. The Morgan fingerprint density at radius 1 is 1.25 bits per heavy atom. The number of phenols is 1. The molecule has 0 aliphatic carbocycles. The van der Waals surface area contributed by atoms with Crippen molar-refractivity contribution in [3.05, 3.63) is 29.8 Å². The van der Waals surface area contributed by atoms with E-state index in [2.05, 4.69) is 6.92 Å². The number of rotatable bonds is 1. The second-order valence-corrected chi connectivity index (χ2v) is 5.82. The van der Waals surface area contributed by atoms with Crippen LogP contribution in [0.3, 0.4) is 0 Å². The van der Waals surface area contributed by atoms with Gasteiger partial charge in [-0.05, 0) is 24.1 Å². The first kappa shape index (κ1) is 12.5. The van der Waals surface area contributed by atoms with Gasteiger partial charge in [0.25, 0.3) is 0 Å². The Hall–Kier alpha value is 0.483. The van der Waals surface area contributed by atoms with Crippen LogP contribution in [0.4, 0.5) is 0 Å². The van der Waals surface area contributed by atoms with Gasteiger partial charge >= 0.3 is 37.9 Å². The summed E-state index contributed by atoms with van der Waals surface area (Å²) in [5.41, 5.74) is 1.26. The average molecular weight is 284 g/mol. The second-order valence-electron chi connectivity index (χ2n) is 2.09. The van der Waals surface area contributed by atoms with Crippen molar-refractivity contribution in [1.82, 2.24) is 0 Å². The molecule has 1 N–H and O–H groups in total. The molecule has 0 aliphatic heterocycles. The van der Waals surface area contributed by atoms with Gasteiger partial charge in [0.2, 0.25) is 0 Å². The van der Waals surface area contributed by atoms with E-state index in [1.807, 2.05) is 12.1 Å². The van der Waals surface area contributed by atoms with E-state index in [1.54, 1.807) is 12.1 Å². The van der Waals surface area contributed by atoms with Crippen LogP contribution >= 0.6 is 17.0 Å². The zero-order valence-corrected chi connectivity index (χ0v) is 10.7. The predicted molar refractivity (Wildman–Crippen MR) is 49.2 cm³/mol. The summed E-state index contributed by atoms with van der Waals surface area (Å²) in [6.07, 6.45) is 1.03. The van der Waals surface area contributed by atoms with Gasteiger partial charge in [-0.2, -0.15) is 0 Å². The molecule has 0 spiro atoms. The average Bonchev–Trinajstić information content (AvgIpc) is 2.07. The van der Waals surface area contributed by atoms with E-state index < -0.39 is 20.8 Å². The van der Waals surface area contributed by atoms with Gasteiger partial charge < -0.3 is 5.11 Å². The topological polar surface area (TPSA) is 20.2 Å². The first-order valence-corrected chi connectivity index (χ1v) is 9.81. The number of aromatic hydroxyl groups is 1. The summed E-state index contributed by atoms with van der Waals surface area (Å²) in [6.45, 7) is 2.09. The molecule has 1 nitrogen and oxygen atoms in total. The van der Waals surface area contributed by atoms with E-state index in [0.29, 0.717) is 5.75 Å². The van der Waals surface area contributed by atoms with Crippen molar-refractivity contribution < 1.29 is 26.0 Å². The quantitative estimate of drug-likeness (QED) is 0.838. The van der Waals surface area contributed by atoms with Crippen LogP contribution in [0.1, 0.15) is 12.5 Å². The number of halogens is 2. The first-order chi connectivity index (χ1) is 5.74. The fourth-order valence-corrected chi connectivity index (χ4v) is 0.732. The third-order valence-electron chi connectivity index (χ3n) is 1.34. The van der Waals surface area contributed by atoms with Gasteiger partial charge in [-0.3, -0.25) is 0 Å². The van der Waals surface area contributed by atoms with Crippen molar-refractivity contribution in [3.8, 4) is 5.75 Å². The molecule has 4 heteroatoms. The summed E-state index contributed by atoms with van der Waals surface area (Å²) in [6, 6.07) is 7.27. The molecule has 1 rings (SSSR count). The molecule has 0 fully saturated rings. The summed E-state index contributed by atoms with van der Waals surface area (Å²) >= 11 is -0.826. The molecule has 0 heterocycles. The fourth-order valence-electron chi connectivity index (χ4n) is 0.732. The Bertz CT molecular complexity index is 201. The number of hydrogen-bond acceptors (Lipinski definition) is 1. The predicted octanol–water partition coefficient (Wildman–Crippen LogP) is 3.33. The molecular weight excluding hydrogens is 274 g/mol. The third kappa shape index (κ3) is 6.05. The van der Waals surface area contributed by atoms with E-state index in [0.717, 1.165) is 6.42 Å². The molecule has 1 aromatic carbocycles. The van der Waals surface area contributed by atoms with Crippen LogP contribution < -0.4 is 0 Å². The van der Waals surface area contributed by atoms with Gasteiger partial charge in [-0.1, -0.05) is 19.1 Å². The maximum absolute atomic E-state index is 8.85. The number of phenolic OH excluding ortho intramolecular Hbond substituents is 1. The Labute approximate surface area is 91.4 Å². The second kappa shape index (κ2) is 8.10. The van der Waals surface area contributed by atoms with Crippen LogP contribution in [0.15, 0.2) is 24.3 Å². The van der Waals surface area contributed by atoms with Crippen molar-refractivity contribution in [2.75, 3.05) is 0 Å². The molecule has 0 bridgehead atoms. The van der Waals surface area contributed by atoms with Gasteiger partial charge in [0.05, 0.1) is 0 Å². The van der Waals surface area contributed by atoms with Crippen molar-refractivity contribution in [2.24, 2.45) is 0 Å². The van der Waals surface area contributed by atoms with E-state index in [-0.39, 0.29) is 0 Å². The molecule has 0 radical (unpaired) electrons.